The highest BCUT2D eigenvalue weighted by atomic mass is 16.3. The fraction of sp³-hybridized carbons (Fsp3) is 0.312. The van der Waals surface area contributed by atoms with E-state index in [-0.39, 0.29) is 5.91 Å². The van der Waals surface area contributed by atoms with Crippen LogP contribution in [0, 0.1) is 0 Å². The van der Waals surface area contributed by atoms with Crippen molar-refractivity contribution < 1.29 is 9.21 Å². The Bertz CT molecular complexity index is 631. The van der Waals surface area contributed by atoms with E-state index < -0.39 is 0 Å². The van der Waals surface area contributed by atoms with E-state index in [4.69, 9.17) is 4.42 Å². The minimum absolute atomic E-state index is 0.201. The molecule has 1 aromatic carbocycles. The molecular formula is C16H18N2O2. The van der Waals surface area contributed by atoms with Crippen molar-refractivity contribution in [1.29, 1.82) is 0 Å². The second-order valence-corrected chi connectivity index (χ2v) is 4.98. The molecule has 20 heavy (non-hydrogen) atoms. The quantitative estimate of drug-likeness (QED) is 0.901. The molecule has 0 bridgehead atoms. The van der Waals surface area contributed by atoms with Crippen LogP contribution < -0.4 is 10.6 Å². The molecule has 0 spiro atoms. The molecule has 2 N–H and O–H groups in total. The molecule has 4 heteroatoms. The smallest absolute Gasteiger partial charge is 0.291 e. The summed E-state index contributed by atoms with van der Waals surface area (Å²) < 4.78 is 5.46. The lowest BCUT2D eigenvalue weighted by atomic mass is 10.0. The lowest BCUT2D eigenvalue weighted by molar-refractivity contribution is 0.0995. The number of fused-ring (bicyclic) bond motifs is 1. The highest BCUT2D eigenvalue weighted by Gasteiger charge is 2.13. The first-order valence-corrected chi connectivity index (χ1v) is 6.99. The zero-order valence-corrected chi connectivity index (χ0v) is 11.5. The van der Waals surface area contributed by atoms with Crippen LogP contribution >= 0.6 is 0 Å². The summed E-state index contributed by atoms with van der Waals surface area (Å²) in [5.74, 6) is 0.982. The van der Waals surface area contributed by atoms with Gasteiger partial charge in [-0.2, -0.15) is 0 Å². The molecule has 0 atom stereocenters. The van der Waals surface area contributed by atoms with E-state index in [2.05, 4.69) is 16.7 Å². The number of furan rings is 1. The number of nitrogens with one attached hydrogen (secondary N) is 2. The Morgan fingerprint density at radius 3 is 3.00 bits per heavy atom. The minimum atomic E-state index is -0.201. The van der Waals surface area contributed by atoms with E-state index in [1.807, 2.05) is 25.1 Å². The molecule has 0 unspecified atom stereocenters. The van der Waals surface area contributed by atoms with E-state index in [0.29, 0.717) is 5.76 Å². The molecule has 0 fully saturated rings. The number of hydrogen-bond acceptors (Lipinski definition) is 3. The number of carbonyl (C=O) groups is 1. The van der Waals surface area contributed by atoms with Gasteiger partial charge in [0.15, 0.2) is 5.76 Å². The van der Waals surface area contributed by atoms with E-state index in [9.17, 15) is 4.79 Å². The van der Waals surface area contributed by atoms with Crippen molar-refractivity contribution >= 4 is 11.6 Å². The van der Waals surface area contributed by atoms with Crippen molar-refractivity contribution in [3.8, 4) is 0 Å². The second kappa shape index (κ2) is 5.51. The van der Waals surface area contributed by atoms with E-state index in [1.54, 1.807) is 6.07 Å². The normalized spacial score (nSPS) is 13.8. The zero-order chi connectivity index (χ0) is 13.9. The largest absolute Gasteiger partial charge is 0.456 e. The number of hydrogen-bond donors (Lipinski definition) is 2. The van der Waals surface area contributed by atoms with Crippen molar-refractivity contribution in [3.63, 3.8) is 0 Å². The van der Waals surface area contributed by atoms with E-state index in [0.717, 1.165) is 37.4 Å². The third kappa shape index (κ3) is 2.60. The Hall–Kier alpha value is -2.07. The molecule has 1 aromatic heterocycles. The van der Waals surface area contributed by atoms with Gasteiger partial charge in [0.25, 0.3) is 5.91 Å². The zero-order valence-electron chi connectivity index (χ0n) is 11.5. The van der Waals surface area contributed by atoms with Gasteiger partial charge in [-0.15, -0.1) is 0 Å². The highest BCUT2D eigenvalue weighted by Crippen LogP contribution is 2.20. The van der Waals surface area contributed by atoms with Crippen LogP contribution in [0.25, 0.3) is 0 Å². The molecule has 1 aliphatic rings. The van der Waals surface area contributed by atoms with Crippen LogP contribution in [0.4, 0.5) is 5.69 Å². The number of benzene rings is 1. The molecule has 2 aromatic rings. The molecule has 104 valence electrons. The van der Waals surface area contributed by atoms with Crippen LogP contribution in [0.1, 0.15) is 34.4 Å². The lowest BCUT2D eigenvalue weighted by Gasteiger charge is -2.17. The number of rotatable bonds is 3. The molecule has 3 rings (SSSR count). The molecule has 2 heterocycles. The summed E-state index contributed by atoms with van der Waals surface area (Å²) in [6.45, 7) is 3.88. The summed E-state index contributed by atoms with van der Waals surface area (Å²) in [6.07, 6.45) is 1.83. The molecule has 0 aliphatic carbocycles. The van der Waals surface area contributed by atoms with Crippen molar-refractivity contribution in [3.05, 3.63) is 53.0 Å². The van der Waals surface area contributed by atoms with Crippen molar-refractivity contribution in [1.82, 2.24) is 5.32 Å². The van der Waals surface area contributed by atoms with Crippen LogP contribution in [0.5, 0.6) is 0 Å². The van der Waals surface area contributed by atoms with Gasteiger partial charge < -0.3 is 15.1 Å². The van der Waals surface area contributed by atoms with E-state index >= 15 is 0 Å². The van der Waals surface area contributed by atoms with Crippen LogP contribution in [0.3, 0.4) is 0 Å². The number of carbonyl (C=O) groups excluding carboxylic acids is 1. The van der Waals surface area contributed by atoms with Gasteiger partial charge in [0.2, 0.25) is 0 Å². The molecule has 1 aliphatic heterocycles. The SMILES string of the molecule is CCc1ccc(C(=O)Nc2ccc3c(c2)CNCC3)o1. The van der Waals surface area contributed by atoms with Gasteiger partial charge in [-0.3, -0.25) is 4.79 Å². The van der Waals surface area contributed by atoms with Gasteiger partial charge in [0, 0.05) is 18.7 Å². The fourth-order valence-electron chi connectivity index (χ4n) is 2.44. The van der Waals surface area contributed by atoms with Gasteiger partial charge >= 0.3 is 0 Å². The monoisotopic (exact) mass is 270 g/mol. The van der Waals surface area contributed by atoms with Crippen LogP contribution in [0.15, 0.2) is 34.7 Å². The van der Waals surface area contributed by atoms with Gasteiger partial charge in [-0.1, -0.05) is 13.0 Å². The number of amides is 1. The Morgan fingerprint density at radius 1 is 1.30 bits per heavy atom. The summed E-state index contributed by atoms with van der Waals surface area (Å²) >= 11 is 0. The predicted molar refractivity (Wildman–Crippen MR) is 77.9 cm³/mol. The highest BCUT2D eigenvalue weighted by molar-refractivity contribution is 6.02. The van der Waals surface area contributed by atoms with Gasteiger partial charge in [0.1, 0.15) is 5.76 Å². The minimum Gasteiger partial charge on any atom is -0.456 e. The van der Waals surface area contributed by atoms with Gasteiger partial charge in [-0.05, 0) is 48.4 Å². The summed E-state index contributed by atoms with van der Waals surface area (Å²) in [6, 6.07) is 9.63. The summed E-state index contributed by atoms with van der Waals surface area (Å²) in [7, 11) is 0. The first kappa shape index (κ1) is 12.9. The third-order valence-corrected chi connectivity index (χ3v) is 3.58. The Morgan fingerprint density at radius 2 is 2.20 bits per heavy atom. The number of anilines is 1. The van der Waals surface area contributed by atoms with Crippen LogP contribution in [-0.4, -0.2) is 12.5 Å². The molecule has 0 radical (unpaired) electrons. The standard InChI is InChI=1S/C16H18N2O2/c1-2-14-5-6-15(20-14)16(19)18-13-4-3-11-7-8-17-10-12(11)9-13/h3-6,9,17H,2,7-8,10H2,1H3,(H,18,19). The summed E-state index contributed by atoms with van der Waals surface area (Å²) in [5, 5.41) is 6.22. The molecular weight excluding hydrogens is 252 g/mol. The average Bonchev–Trinajstić information content (AvgIpc) is 2.96. The fourth-order valence-corrected chi connectivity index (χ4v) is 2.44. The third-order valence-electron chi connectivity index (χ3n) is 3.58. The number of aryl methyl sites for hydroxylation is 1. The van der Waals surface area contributed by atoms with E-state index in [1.165, 1.54) is 11.1 Å². The summed E-state index contributed by atoms with van der Waals surface area (Å²) in [4.78, 5) is 12.1. The molecule has 0 saturated heterocycles. The van der Waals surface area contributed by atoms with Crippen LogP contribution in [0.2, 0.25) is 0 Å². The first-order valence-electron chi connectivity index (χ1n) is 6.99. The van der Waals surface area contributed by atoms with Crippen molar-refractivity contribution in [2.45, 2.75) is 26.3 Å². The molecule has 0 saturated carbocycles. The Kier molecular flexibility index (Phi) is 3.56. The average molecular weight is 270 g/mol. The molecule has 4 nitrogen and oxygen atoms in total. The van der Waals surface area contributed by atoms with Crippen molar-refractivity contribution in [2.24, 2.45) is 0 Å². The topological polar surface area (TPSA) is 54.3 Å². The van der Waals surface area contributed by atoms with Crippen LogP contribution in [-0.2, 0) is 19.4 Å². The Labute approximate surface area is 118 Å². The maximum absolute atomic E-state index is 12.1. The maximum Gasteiger partial charge on any atom is 0.291 e. The molecule has 1 amide bonds. The van der Waals surface area contributed by atoms with Gasteiger partial charge in [0.05, 0.1) is 0 Å². The van der Waals surface area contributed by atoms with Gasteiger partial charge in [-0.25, -0.2) is 0 Å². The second-order valence-electron chi connectivity index (χ2n) is 4.98. The lowest BCUT2D eigenvalue weighted by Crippen LogP contribution is -2.23. The maximum atomic E-state index is 12.1. The first-order chi connectivity index (χ1) is 9.76. The summed E-state index contributed by atoms with van der Waals surface area (Å²) in [5.41, 5.74) is 3.42. The Balaban J connectivity index is 1.75. The van der Waals surface area contributed by atoms with Crippen molar-refractivity contribution in [2.75, 3.05) is 11.9 Å². The predicted octanol–water partition coefficient (Wildman–Crippen LogP) is 2.74.